The summed E-state index contributed by atoms with van der Waals surface area (Å²) < 4.78 is 21.0. The first kappa shape index (κ1) is 21.0. The summed E-state index contributed by atoms with van der Waals surface area (Å²) in [6.07, 6.45) is 1.54. The molecule has 9 nitrogen and oxygen atoms in total. The first-order valence-electron chi connectivity index (χ1n) is 9.38. The molecule has 3 amide bonds. The van der Waals surface area contributed by atoms with Gasteiger partial charge in [0.05, 0.1) is 26.9 Å². The van der Waals surface area contributed by atoms with Crippen molar-refractivity contribution in [3.05, 3.63) is 53.1 Å². The number of esters is 1. The van der Waals surface area contributed by atoms with Crippen LogP contribution >= 0.6 is 0 Å². The Labute approximate surface area is 173 Å². The Kier molecular flexibility index (Phi) is 6.41. The van der Waals surface area contributed by atoms with Crippen molar-refractivity contribution in [2.45, 2.75) is 20.4 Å². The summed E-state index contributed by atoms with van der Waals surface area (Å²) in [4.78, 5) is 37.5. The van der Waals surface area contributed by atoms with Gasteiger partial charge in [-0.3, -0.25) is 9.69 Å². The second-order valence-corrected chi connectivity index (χ2v) is 6.20. The molecular weight excluding hydrogens is 392 g/mol. The molecule has 0 radical (unpaired) electrons. The van der Waals surface area contributed by atoms with Gasteiger partial charge in [-0.15, -0.1) is 0 Å². The highest BCUT2D eigenvalue weighted by Crippen LogP contribution is 2.28. The van der Waals surface area contributed by atoms with Crippen molar-refractivity contribution in [1.82, 2.24) is 10.2 Å². The van der Waals surface area contributed by atoms with E-state index in [0.717, 1.165) is 4.90 Å². The van der Waals surface area contributed by atoms with Gasteiger partial charge in [0.25, 0.3) is 5.91 Å². The number of furan rings is 1. The predicted octanol–water partition coefficient (Wildman–Crippen LogP) is 2.96. The summed E-state index contributed by atoms with van der Waals surface area (Å²) in [6.45, 7) is 4.55. The van der Waals surface area contributed by atoms with Crippen LogP contribution in [0.2, 0.25) is 0 Å². The quantitative estimate of drug-likeness (QED) is 0.402. The molecule has 1 saturated heterocycles. The molecule has 0 aliphatic carbocycles. The maximum absolute atomic E-state index is 12.7. The number of ether oxygens (including phenoxy) is 3. The lowest BCUT2D eigenvalue weighted by Gasteiger charge is -2.11. The van der Waals surface area contributed by atoms with Crippen molar-refractivity contribution in [2.24, 2.45) is 0 Å². The number of carbonyl (C=O) groups excluding carboxylic acids is 3. The highest BCUT2D eigenvalue weighted by Gasteiger charge is 2.34. The molecule has 0 atom stereocenters. The van der Waals surface area contributed by atoms with E-state index in [0.29, 0.717) is 30.3 Å². The minimum absolute atomic E-state index is 0.00827. The molecule has 3 rings (SSSR count). The summed E-state index contributed by atoms with van der Waals surface area (Å²) in [5.41, 5.74) is 0.724. The molecule has 1 aromatic carbocycles. The lowest BCUT2D eigenvalue weighted by molar-refractivity contribution is -0.123. The van der Waals surface area contributed by atoms with Gasteiger partial charge < -0.3 is 23.9 Å². The highest BCUT2D eigenvalue weighted by atomic mass is 16.5. The zero-order valence-electron chi connectivity index (χ0n) is 16.9. The number of urea groups is 1. The van der Waals surface area contributed by atoms with Gasteiger partial charge in [0.2, 0.25) is 5.76 Å². The number of hydrogen-bond donors (Lipinski definition) is 1. The molecule has 9 heteroatoms. The third kappa shape index (κ3) is 4.45. The lowest BCUT2D eigenvalue weighted by Crippen LogP contribution is -2.30. The van der Waals surface area contributed by atoms with E-state index in [4.69, 9.17) is 13.9 Å². The Bertz CT molecular complexity index is 993. The second-order valence-electron chi connectivity index (χ2n) is 6.20. The number of rotatable bonds is 8. The van der Waals surface area contributed by atoms with Crippen molar-refractivity contribution >= 4 is 24.0 Å². The largest absolute Gasteiger partial charge is 0.494 e. The van der Waals surface area contributed by atoms with E-state index in [1.54, 1.807) is 24.3 Å². The fourth-order valence-electron chi connectivity index (χ4n) is 2.87. The van der Waals surface area contributed by atoms with Crippen molar-refractivity contribution in [3.8, 4) is 11.5 Å². The van der Waals surface area contributed by atoms with Crippen LogP contribution in [0, 0.1) is 0 Å². The number of hydrogen-bond acceptors (Lipinski definition) is 7. The maximum atomic E-state index is 12.7. The van der Waals surface area contributed by atoms with Crippen LogP contribution in [-0.2, 0) is 16.1 Å². The number of nitrogens with zero attached hydrogens (tertiary/aromatic N) is 1. The Hall–Kier alpha value is -3.75. The fourth-order valence-corrected chi connectivity index (χ4v) is 2.87. The van der Waals surface area contributed by atoms with Crippen LogP contribution in [-0.4, -0.2) is 43.1 Å². The minimum atomic E-state index is -0.641. The van der Waals surface area contributed by atoms with E-state index in [1.165, 1.54) is 19.2 Å². The average molecular weight is 414 g/mol. The van der Waals surface area contributed by atoms with Gasteiger partial charge in [0.1, 0.15) is 23.0 Å². The highest BCUT2D eigenvalue weighted by molar-refractivity contribution is 6.14. The summed E-state index contributed by atoms with van der Waals surface area (Å²) in [7, 11) is 1.23. The van der Waals surface area contributed by atoms with Crippen LogP contribution in [0.4, 0.5) is 4.79 Å². The molecule has 0 unspecified atom stereocenters. The second kappa shape index (κ2) is 9.17. The molecule has 2 aromatic rings. The van der Waals surface area contributed by atoms with Gasteiger partial charge in [-0.2, -0.15) is 0 Å². The maximum Gasteiger partial charge on any atom is 0.373 e. The zero-order valence-corrected chi connectivity index (χ0v) is 16.9. The topological polar surface area (TPSA) is 107 Å². The molecule has 158 valence electrons. The van der Waals surface area contributed by atoms with Gasteiger partial charge in [0.15, 0.2) is 0 Å². The molecule has 2 heterocycles. The van der Waals surface area contributed by atoms with Gasteiger partial charge in [-0.1, -0.05) is 0 Å². The summed E-state index contributed by atoms with van der Waals surface area (Å²) >= 11 is 0. The molecule has 1 aliphatic heterocycles. The van der Waals surface area contributed by atoms with Crippen LogP contribution in [0.15, 0.2) is 40.4 Å². The molecule has 0 bridgehead atoms. The number of imide groups is 1. The fraction of sp³-hybridized carbons (Fsp3) is 0.286. The Morgan fingerprint density at radius 3 is 2.60 bits per heavy atom. The Morgan fingerprint density at radius 2 is 1.90 bits per heavy atom. The van der Waals surface area contributed by atoms with E-state index in [-0.39, 0.29) is 23.8 Å². The van der Waals surface area contributed by atoms with Crippen molar-refractivity contribution in [2.75, 3.05) is 20.3 Å². The molecule has 1 fully saturated rings. The standard InChI is InChI=1S/C21H22N2O7/c1-4-28-14-7-6-13(18(11-14)29-5-2)10-16-19(24)23(21(26)22-16)12-15-8-9-17(30-15)20(25)27-3/h6-11H,4-5,12H2,1-3H3,(H,22,26)/b16-10-. The molecule has 1 aromatic heterocycles. The normalized spacial score (nSPS) is 14.8. The van der Waals surface area contributed by atoms with E-state index >= 15 is 0 Å². The van der Waals surface area contributed by atoms with Gasteiger partial charge in [-0.05, 0) is 44.2 Å². The van der Waals surface area contributed by atoms with Gasteiger partial charge in [0, 0.05) is 11.6 Å². The third-order valence-electron chi connectivity index (χ3n) is 4.22. The van der Waals surface area contributed by atoms with Crippen LogP contribution in [0.1, 0.15) is 35.7 Å². The van der Waals surface area contributed by atoms with Crippen molar-refractivity contribution in [3.63, 3.8) is 0 Å². The van der Waals surface area contributed by atoms with E-state index < -0.39 is 17.9 Å². The molecule has 0 spiro atoms. The molecule has 1 N–H and O–H groups in total. The summed E-state index contributed by atoms with van der Waals surface area (Å²) in [6, 6.07) is 7.58. The first-order chi connectivity index (χ1) is 14.5. The third-order valence-corrected chi connectivity index (χ3v) is 4.22. The Morgan fingerprint density at radius 1 is 1.13 bits per heavy atom. The molecule has 30 heavy (non-hydrogen) atoms. The van der Waals surface area contributed by atoms with Gasteiger partial charge in [-0.25, -0.2) is 9.59 Å². The number of carbonyl (C=O) groups is 3. The molecular formula is C21H22N2O7. The van der Waals surface area contributed by atoms with Crippen LogP contribution in [0.25, 0.3) is 6.08 Å². The lowest BCUT2D eigenvalue weighted by atomic mass is 10.1. The zero-order chi connectivity index (χ0) is 21.7. The molecule has 0 saturated carbocycles. The summed E-state index contributed by atoms with van der Waals surface area (Å²) in [5.74, 6) is 0.281. The van der Waals surface area contributed by atoms with E-state index in [9.17, 15) is 14.4 Å². The number of methoxy groups -OCH3 is 1. The van der Waals surface area contributed by atoms with Crippen molar-refractivity contribution in [1.29, 1.82) is 0 Å². The molecule has 1 aliphatic rings. The predicted molar refractivity (Wildman–Crippen MR) is 106 cm³/mol. The minimum Gasteiger partial charge on any atom is -0.494 e. The van der Waals surface area contributed by atoms with E-state index in [1.807, 2.05) is 13.8 Å². The number of nitrogens with one attached hydrogen (secondary N) is 1. The number of benzene rings is 1. The van der Waals surface area contributed by atoms with Crippen molar-refractivity contribution < 1.29 is 33.0 Å². The monoisotopic (exact) mass is 414 g/mol. The Balaban J connectivity index is 1.81. The SMILES string of the molecule is CCOc1ccc(/C=C2\NC(=O)N(Cc3ccc(C(=O)OC)o3)C2=O)c(OCC)c1. The van der Waals surface area contributed by atoms with Crippen LogP contribution < -0.4 is 14.8 Å². The average Bonchev–Trinajstić information content (AvgIpc) is 3.30. The first-order valence-corrected chi connectivity index (χ1v) is 9.38. The van der Waals surface area contributed by atoms with E-state index in [2.05, 4.69) is 10.1 Å². The summed E-state index contributed by atoms with van der Waals surface area (Å²) in [5, 5.41) is 2.55. The van der Waals surface area contributed by atoms with Crippen LogP contribution in [0.5, 0.6) is 11.5 Å². The number of amides is 3. The van der Waals surface area contributed by atoms with Crippen LogP contribution in [0.3, 0.4) is 0 Å². The van der Waals surface area contributed by atoms with Gasteiger partial charge >= 0.3 is 12.0 Å². The smallest absolute Gasteiger partial charge is 0.373 e.